The van der Waals surface area contributed by atoms with Crippen molar-refractivity contribution >= 4 is 22.9 Å². The summed E-state index contributed by atoms with van der Waals surface area (Å²) in [5.41, 5.74) is 0. The van der Waals surface area contributed by atoms with Gasteiger partial charge >= 0.3 is 0 Å². The van der Waals surface area contributed by atoms with Crippen molar-refractivity contribution in [2.45, 2.75) is 6.42 Å². The molecule has 1 N–H and O–H groups in total. The van der Waals surface area contributed by atoms with Gasteiger partial charge in [0.15, 0.2) is 11.6 Å². The topological polar surface area (TPSA) is 21.3 Å². The summed E-state index contributed by atoms with van der Waals surface area (Å²) in [5.74, 6) is -0.296. The molecule has 0 aliphatic rings. The van der Waals surface area contributed by atoms with Crippen LogP contribution in [0.5, 0.6) is 5.75 Å². The summed E-state index contributed by atoms with van der Waals surface area (Å²) in [5, 5.41) is 5.41. The molecule has 0 bridgehead atoms. The first-order chi connectivity index (χ1) is 9.27. The Morgan fingerprint density at radius 3 is 2.89 bits per heavy atom. The minimum Gasteiger partial charge on any atom is -0.489 e. The van der Waals surface area contributed by atoms with Crippen molar-refractivity contribution in [3.05, 3.63) is 51.4 Å². The van der Waals surface area contributed by atoms with Gasteiger partial charge in [-0.15, -0.1) is 11.3 Å². The van der Waals surface area contributed by atoms with Gasteiger partial charge in [-0.25, -0.2) is 4.39 Å². The number of thiophene rings is 1. The average Bonchev–Trinajstić information content (AvgIpc) is 2.91. The first-order valence-electron chi connectivity index (χ1n) is 6.07. The van der Waals surface area contributed by atoms with Crippen LogP contribution in [0.4, 0.5) is 4.39 Å². The molecule has 0 aliphatic heterocycles. The van der Waals surface area contributed by atoms with Crippen molar-refractivity contribution in [2.24, 2.45) is 0 Å². The van der Waals surface area contributed by atoms with Crippen LogP contribution in [0.1, 0.15) is 4.88 Å². The van der Waals surface area contributed by atoms with E-state index in [4.69, 9.17) is 16.3 Å². The van der Waals surface area contributed by atoms with Crippen molar-refractivity contribution in [2.75, 3.05) is 19.7 Å². The van der Waals surface area contributed by atoms with Crippen LogP contribution in [0.2, 0.25) is 5.02 Å². The Bertz CT molecular complexity index is 504. The van der Waals surface area contributed by atoms with Crippen LogP contribution in [0.25, 0.3) is 0 Å². The summed E-state index contributed by atoms with van der Waals surface area (Å²) in [6, 6.07) is 8.91. The molecule has 5 heteroatoms. The smallest absolute Gasteiger partial charge is 0.183 e. The molecule has 1 aromatic carbocycles. The Kier molecular flexibility index (Phi) is 5.63. The highest BCUT2D eigenvalue weighted by Gasteiger charge is 2.06. The minimum absolute atomic E-state index is 0.0863. The second kappa shape index (κ2) is 7.48. The number of hydrogen-bond acceptors (Lipinski definition) is 3. The molecule has 2 nitrogen and oxygen atoms in total. The van der Waals surface area contributed by atoms with Crippen LogP contribution < -0.4 is 10.1 Å². The number of ether oxygens (including phenoxy) is 1. The van der Waals surface area contributed by atoms with Crippen LogP contribution in [-0.4, -0.2) is 19.7 Å². The van der Waals surface area contributed by atoms with Gasteiger partial charge in [-0.1, -0.05) is 23.7 Å². The van der Waals surface area contributed by atoms with E-state index in [9.17, 15) is 4.39 Å². The molecule has 0 spiro atoms. The maximum Gasteiger partial charge on any atom is 0.183 e. The van der Waals surface area contributed by atoms with E-state index in [1.807, 2.05) is 6.07 Å². The van der Waals surface area contributed by atoms with E-state index < -0.39 is 5.82 Å². The van der Waals surface area contributed by atoms with Gasteiger partial charge in [0.1, 0.15) is 6.61 Å². The SMILES string of the molecule is Fc1c(Cl)cccc1OCCNCCc1cccs1. The molecular formula is C14H15ClFNOS. The molecule has 1 aromatic heterocycles. The van der Waals surface area contributed by atoms with E-state index in [-0.39, 0.29) is 10.8 Å². The monoisotopic (exact) mass is 299 g/mol. The molecule has 2 rings (SSSR count). The van der Waals surface area contributed by atoms with Gasteiger partial charge in [0, 0.05) is 18.0 Å². The molecule has 0 amide bonds. The van der Waals surface area contributed by atoms with Crippen LogP contribution in [0.3, 0.4) is 0 Å². The van der Waals surface area contributed by atoms with Crippen LogP contribution in [0.15, 0.2) is 35.7 Å². The third-order valence-electron chi connectivity index (χ3n) is 2.58. The Morgan fingerprint density at radius 1 is 1.21 bits per heavy atom. The van der Waals surface area contributed by atoms with Gasteiger partial charge in [-0.3, -0.25) is 0 Å². The lowest BCUT2D eigenvalue weighted by molar-refractivity contribution is 0.299. The molecule has 0 unspecified atom stereocenters. The number of hydrogen-bond donors (Lipinski definition) is 1. The summed E-state index contributed by atoms with van der Waals surface area (Å²) in [4.78, 5) is 1.36. The molecule has 0 fully saturated rings. The van der Waals surface area contributed by atoms with E-state index >= 15 is 0 Å². The molecule has 19 heavy (non-hydrogen) atoms. The average molecular weight is 300 g/mol. The Labute approximate surface area is 121 Å². The summed E-state index contributed by atoms with van der Waals surface area (Å²) >= 11 is 7.42. The lowest BCUT2D eigenvalue weighted by atomic mass is 10.3. The number of benzene rings is 1. The fourth-order valence-electron chi connectivity index (χ4n) is 1.62. The first-order valence-corrected chi connectivity index (χ1v) is 7.33. The zero-order valence-electron chi connectivity index (χ0n) is 10.4. The van der Waals surface area contributed by atoms with Gasteiger partial charge < -0.3 is 10.1 Å². The predicted molar refractivity (Wildman–Crippen MR) is 77.8 cm³/mol. The first kappa shape index (κ1) is 14.3. The number of halogens is 2. The fourth-order valence-corrected chi connectivity index (χ4v) is 2.49. The van der Waals surface area contributed by atoms with Crippen molar-refractivity contribution < 1.29 is 9.13 Å². The highest BCUT2D eigenvalue weighted by Crippen LogP contribution is 2.23. The van der Waals surface area contributed by atoms with E-state index in [0.717, 1.165) is 13.0 Å². The Morgan fingerprint density at radius 2 is 2.11 bits per heavy atom. The zero-order valence-corrected chi connectivity index (χ0v) is 11.9. The molecule has 2 aromatic rings. The zero-order chi connectivity index (χ0) is 13.5. The lowest BCUT2D eigenvalue weighted by Crippen LogP contribution is -2.23. The lowest BCUT2D eigenvalue weighted by Gasteiger charge is -2.08. The second-order valence-electron chi connectivity index (χ2n) is 3.98. The molecule has 1 heterocycles. The van der Waals surface area contributed by atoms with Gasteiger partial charge in [0.2, 0.25) is 0 Å². The molecule has 102 valence electrons. The number of nitrogens with one attached hydrogen (secondary N) is 1. The highest BCUT2D eigenvalue weighted by molar-refractivity contribution is 7.09. The largest absolute Gasteiger partial charge is 0.489 e. The van der Waals surface area contributed by atoms with E-state index in [1.165, 1.54) is 10.9 Å². The summed E-state index contributed by atoms with van der Waals surface area (Å²) in [7, 11) is 0. The van der Waals surface area contributed by atoms with Gasteiger partial charge in [0.25, 0.3) is 0 Å². The van der Waals surface area contributed by atoms with Crippen LogP contribution in [-0.2, 0) is 6.42 Å². The van der Waals surface area contributed by atoms with Crippen LogP contribution in [0, 0.1) is 5.82 Å². The second-order valence-corrected chi connectivity index (χ2v) is 5.42. The number of rotatable bonds is 7. The Balaban J connectivity index is 1.63. The van der Waals surface area contributed by atoms with Gasteiger partial charge in [-0.2, -0.15) is 0 Å². The van der Waals surface area contributed by atoms with E-state index in [0.29, 0.717) is 13.2 Å². The maximum absolute atomic E-state index is 13.5. The van der Waals surface area contributed by atoms with Crippen LogP contribution >= 0.6 is 22.9 Å². The third-order valence-corrected chi connectivity index (χ3v) is 3.81. The molecule has 0 saturated carbocycles. The minimum atomic E-state index is -0.497. The van der Waals surface area contributed by atoms with Crippen molar-refractivity contribution in [1.82, 2.24) is 5.32 Å². The predicted octanol–water partition coefficient (Wildman–Crippen LogP) is 3.75. The van der Waals surface area contributed by atoms with E-state index in [1.54, 1.807) is 23.5 Å². The van der Waals surface area contributed by atoms with Crippen molar-refractivity contribution in [1.29, 1.82) is 0 Å². The van der Waals surface area contributed by atoms with Crippen molar-refractivity contribution in [3.63, 3.8) is 0 Å². The highest BCUT2D eigenvalue weighted by atomic mass is 35.5. The molecule has 0 atom stereocenters. The van der Waals surface area contributed by atoms with E-state index in [2.05, 4.69) is 16.8 Å². The quantitative estimate of drug-likeness (QED) is 0.786. The maximum atomic E-state index is 13.5. The summed E-state index contributed by atoms with van der Waals surface area (Å²) in [6.07, 6.45) is 1.00. The summed E-state index contributed by atoms with van der Waals surface area (Å²) in [6.45, 7) is 1.99. The molecular weight excluding hydrogens is 285 g/mol. The molecule has 0 saturated heterocycles. The summed E-state index contributed by atoms with van der Waals surface area (Å²) < 4.78 is 18.8. The Hall–Kier alpha value is -1.10. The molecule has 0 aliphatic carbocycles. The fraction of sp³-hybridized carbons (Fsp3) is 0.286. The van der Waals surface area contributed by atoms with Gasteiger partial charge in [0.05, 0.1) is 5.02 Å². The molecule has 0 radical (unpaired) electrons. The van der Waals surface area contributed by atoms with Crippen molar-refractivity contribution in [3.8, 4) is 5.75 Å². The third kappa shape index (κ3) is 4.49. The standard InChI is InChI=1S/C14H15ClFNOS/c15-12-4-1-5-13(14(12)16)18-9-8-17-7-6-11-3-2-10-19-11/h1-5,10,17H,6-9H2. The normalized spacial score (nSPS) is 10.6. The van der Waals surface area contributed by atoms with Gasteiger partial charge in [-0.05, 0) is 30.0 Å².